The average Bonchev–Trinajstić information content (AvgIpc) is 2.28. The zero-order valence-electron chi connectivity index (χ0n) is 10.4. The number of carboxylic acids is 1. The van der Waals surface area contributed by atoms with E-state index in [0.29, 0.717) is 17.8 Å². The largest absolute Gasteiger partial charge is 0.480 e. The van der Waals surface area contributed by atoms with Crippen molar-refractivity contribution in [1.29, 1.82) is 0 Å². The molecule has 7 heteroatoms. The van der Waals surface area contributed by atoms with Crippen LogP contribution in [0.25, 0.3) is 0 Å². The maximum Gasteiger partial charge on any atom is 0.329 e. The van der Waals surface area contributed by atoms with E-state index in [2.05, 4.69) is 10.3 Å². The normalized spacial score (nSPS) is 13.7. The Kier molecular flexibility index (Phi) is 3.85. The Hall–Kier alpha value is -2.18. The first-order valence-electron chi connectivity index (χ1n) is 5.42. The fourth-order valence-corrected chi connectivity index (χ4v) is 1.38. The molecule has 1 atom stereocenters. The summed E-state index contributed by atoms with van der Waals surface area (Å²) in [6.07, 6.45) is 1.48. The van der Waals surface area contributed by atoms with E-state index in [1.165, 1.54) is 13.0 Å². The van der Waals surface area contributed by atoms with Gasteiger partial charge in [-0.3, -0.25) is 10.1 Å². The summed E-state index contributed by atoms with van der Waals surface area (Å²) in [7, 11) is 0. The molecule has 1 rings (SSSR count). The van der Waals surface area contributed by atoms with Gasteiger partial charge in [-0.25, -0.2) is 9.78 Å². The predicted molar refractivity (Wildman–Crippen MR) is 65.6 cm³/mol. The van der Waals surface area contributed by atoms with Crippen molar-refractivity contribution in [3.05, 3.63) is 27.9 Å². The van der Waals surface area contributed by atoms with Gasteiger partial charge in [-0.2, -0.15) is 0 Å². The molecule has 0 aliphatic carbocycles. The van der Waals surface area contributed by atoms with Crippen molar-refractivity contribution in [2.24, 2.45) is 0 Å². The number of carboxylic acid groups (broad SMARTS) is 1. The number of rotatable bonds is 5. The van der Waals surface area contributed by atoms with Gasteiger partial charge < -0.3 is 10.4 Å². The lowest BCUT2D eigenvalue weighted by atomic mass is 9.99. The molecular formula is C11H15N3O4. The molecule has 98 valence electrons. The lowest BCUT2D eigenvalue weighted by Crippen LogP contribution is -2.42. The SMILES string of the molecule is CCC(C)(Nc1cc(C)c([N+](=O)[O-])cn1)C(=O)O. The molecule has 0 spiro atoms. The summed E-state index contributed by atoms with van der Waals surface area (Å²) < 4.78 is 0. The van der Waals surface area contributed by atoms with Crippen molar-refractivity contribution in [3.8, 4) is 0 Å². The van der Waals surface area contributed by atoms with Crippen LogP contribution in [0.5, 0.6) is 0 Å². The number of aromatic nitrogens is 1. The van der Waals surface area contributed by atoms with Crippen LogP contribution in [-0.2, 0) is 4.79 Å². The minimum Gasteiger partial charge on any atom is -0.480 e. The summed E-state index contributed by atoms with van der Waals surface area (Å²) >= 11 is 0. The van der Waals surface area contributed by atoms with Gasteiger partial charge in [0.2, 0.25) is 0 Å². The molecule has 0 bridgehead atoms. The molecule has 7 nitrogen and oxygen atoms in total. The second-order valence-electron chi connectivity index (χ2n) is 4.23. The fourth-order valence-electron chi connectivity index (χ4n) is 1.38. The van der Waals surface area contributed by atoms with Crippen molar-refractivity contribution < 1.29 is 14.8 Å². The number of anilines is 1. The van der Waals surface area contributed by atoms with E-state index in [1.807, 2.05) is 0 Å². The van der Waals surface area contributed by atoms with Crippen LogP contribution in [-0.4, -0.2) is 26.5 Å². The highest BCUT2D eigenvalue weighted by Crippen LogP contribution is 2.22. The first kappa shape index (κ1) is 13.9. The summed E-state index contributed by atoms with van der Waals surface area (Å²) in [5, 5.41) is 22.5. The van der Waals surface area contributed by atoms with Crippen LogP contribution in [0, 0.1) is 17.0 Å². The third kappa shape index (κ3) is 2.73. The van der Waals surface area contributed by atoms with Crippen molar-refractivity contribution in [2.75, 3.05) is 5.32 Å². The molecular weight excluding hydrogens is 238 g/mol. The standard InChI is InChI=1S/C11H15N3O4/c1-4-11(3,10(15)16)13-9-5-7(2)8(6-12-9)14(17)18/h5-6H,4H2,1-3H3,(H,12,13)(H,15,16). The molecule has 0 aliphatic heterocycles. The van der Waals surface area contributed by atoms with Crippen LogP contribution >= 0.6 is 0 Å². The Bertz CT molecular complexity index is 489. The number of carbonyl (C=O) groups is 1. The van der Waals surface area contributed by atoms with Crippen LogP contribution < -0.4 is 5.32 Å². The molecule has 0 aliphatic rings. The van der Waals surface area contributed by atoms with Crippen molar-refractivity contribution >= 4 is 17.5 Å². The van der Waals surface area contributed by atoms with E-state index in [1.54, 1.807) is 13.8 Å². The summed E-state index contributed by atoms with van der Waals surface area (Å²) in [6.45, 7) is 4.85. The minimum absolute atomic E-state index is 0.0888. The summed E-state index contributed by atoms with van der Waals surface area (Å²) in [5.74, 6) is -0.687. The van der Waals surface area contributed by atoms with Crippen LogP contribution in [0.3, 0.4) is 0 Å². The summed E-state index contributed by atoms with van der Waals surface area (Å²) in [4.78, 5) is 25.1. The minimum atomic E-state index is -1.14. The maximum atomic E-state index is 11.1. The molecule has 2 N–H and O–H groups in total. The quantitative estimate of drug-likeness (QED) is 0.613. The molecule has 0 amide bonds. The molecule has 0 radical (unpaired) electrons. The Morgan fingerprint density at radius 3 is 2.67 bits per heavy atom. The topological polar surface area (TPSA) is 105 Å². The second kappa shape index (κ2) is 4.99. The first-order valence-corrected chi connectivity index (χ1v) is 5.42. The van der Waals surface area contributed by atoms with Gasteiger partial charge in [0, 0.05) is 5.56 Å². The van der Waals surface area contributed by atoms with Crippen LogP contribution in [0.4, 0.5) is 11.5 Å². The van der Waals surface area contributed by atoms with E-state index in [0.717, 1.165) is 6.20 Å². The fraction of sp³-hybridized carbons (Fsp3) is 0.455. The van der Waals surface area contributed by atoms with Crippen molar-refractivity contribution in [2.45, 2.75) is 32.7 Å². The third-order valence-electron chi connectivity index (χ3n) is 2.86. The number of nitrogens with zero attached hydrogens (tertiary/aromatic N) is 2. The molecule has 1 aromatic heterocycles. The van der Waals surface area contributed by atoms with Gasteiger partial charge in [0.05, 0.1) is 4.92 Å². The second-order valence-corrected chi connectivity index (χ2v) is 4.23. The van der Waals surface area contributed by atoms with Gasteiger partial charge in [-0.1, -0.05) is 6.92 Å². The first-order chi connectivity index (χ1) is 8.30. The zero-order valence-corrected chi connectivity index (χ0v) is 10.4. The molecule has 0 saturated carbocycles. The highest BCUT2D eigenvalue weighted by Gasteiger charge is 2.31. The predicted octanol–water partition coefficient (Wildman–Crippen LogP) is 1.96. The number of aliphatic carboxylic acids is 1. The summed E-state index contributed by atoms with van der Waals surface area (Å²) in [6, 6.07) is 1.47. The lowest BCUT2D eigenvalue weighted by molar-refractivity contribution is -0.385. The third-order valence-corrected chi connectivity index (χ3v) is 2.86. The monoisotopic (exact) mass is 253 g/mol. The number of nitro groups is 1. The van der Waals surface area contributed by atoms with Crippen molar-refractivity contribution in [1.82, 2.24) is 4.98 Å². The van der Waals surface area contributed by atoms with Gasteiger partial charge in [0.25, 0.3) is 5.69 Å². The number of hydrogen-bond donors (Lipinski definition) is 2. The number of aryl methyl sites for hydroxylation is 1. The maximum absolute atomic E-state index is 11.1. The Labute approximate surface area is 104 Å². The van der Waals surface area contributed by atoms with Crippen molar-refractivity contribution in [3.63, 3.8) is 0 Å². The number of pyridine rings is 1. The molecule has 0 aromatic carbocycles. The molecule has 1 heterocycles. The molecule has 1 unspecified atom stereocenters. The summed E-state index contributed by atoms with van der Waals surface area (Å²) in [5.41, 5.74) is -0.800. The van der Waals surface area contributed by atoms with E-state index in [4.69, 9.17) is 5.11 Å². The van der Waals surface area contributed by atoms with Crippen LogP contribution in [0.15, 0.2) is 12.3 Å². The van der Waals surface area contributed by atoms with Gasteiger partial charge in [0.15, 0.2) is 0 Å². The highest BCUT2D eigenvalue weighted by atomic mass is 16.6. The Morgan fingerprint density at radius 1 is 1.67 bits per heavy atom. The molecule has 18 heavy (non-hydrogen) atoms. The van der Waals surface area contributed by atoms with Gasteiger partial charge >= 0.3 is 5.97 Å². The zero-order chi connectivity index (χ0) is 13.9. The van der Waals surface area contributed by atoms with E-state index < -0.39 is 16.4 Å². The highest BCUT2D eigenvalue weighted by molar-refractivity contribution is 5.81. The number of nitrogens with one attached hydrogen (secondary N) is 1. The Morgan fingerprint density at radius 2 is 2.28 bits per heavy atom. The van der Waals surface area contributed by atoms with E-state index in [9.17, 15) is 14.9 Å². The van der Waals surface area contributed by atoms with E-state index >= 15 is 0 Å². The van der Waals surface area contributed by atoms with Crippen LogP contribution in [0.1, 0.15) is 25.8 Å². The average molecular weight is 253 g/mol. The molecule has 0 fully saturated rings. The number of hydrogen-bond acceptors (Lipinski definition) is 5. The van der Waals surface area contributed by atoms with Gasteiger partial charge in [-0.05, 0) is 26.3 Å². The Balaban J connectivity index is 3.03. The lowest BCUT2D eigenvalue weighted by Gasteiger charge is -2.25. The van der Waals surface area contributed by atoms with E-state index in [-0.39, 0.29) is 5.69 Å². The molecule has 0 saturated heterocycles. The smallest absolute Gasteiger partial charge is 0.329 e. The molecule has 1 aromatic rings. The van der Waals surface area contributed by atoms with Crippen LogP contribution in [0.2, 0.25) is 0 Å². The van der Waals surface area contributed by atoms with Gasteiger partial charge in [-0.15, -0.1) is 0 Å². The van der Waals surface area contributed by atoms with Gasteiger partial charge in [0.1, 0.15) is 17.6 Å².